The van der Waals surface area contributed by atoms with Crippen molar-refractivity contribution >= 4 is 5.69 Å². The fourth-order valence-electron chi connectivity index (χ4n) is 12.7. The zero-order valence-electron chi connectivity index (χ0n) is 84.8. The molecule has 0 N–H and O–H groups in total. The summed E-state index contributed by atoms with van der Waals surface area (Å²) in [5, 5.41) is 8.92. The Morgan fingerprint density at radius 2 is 0.810 bits per heavy atom. The Bertz CT molecular complexity index is 4500. The summed E-state index contributed by atoms with van der Waals surface area (Å²) in [5.41, 5.74) is 17.6. The smallest absolute Gasteiger partial charge is 0.232 e. The topological polar surface area (TPSA) is 95.6 Å². The Labute approximate surface area is 769 Å². The molecule has 0 radical (unpaired) electrons. The predicted molar refractivity (Wildman–Crippen MR) is 547 cm³/mol. The highest BCUT2D eigenvalue weighted by Gasteiger charge is 2.17. The van der Waals surface area contributed by atoms with E-state index in [9.17, 15) is 0 Å². The van der Waals surface area contributed by atoms with Crippen LogP contribution >= 0.6 is 0 Å². The van der Waals surface area contributed by atoms with Crippen LogP contribution in [0, 0.1) is 17.8 Å². The molecule has 1 saturated heterocycles. The molecule has 11 heteroatoms. The lowest BCUT2D eigenvalue weighted by Crippen LogP contribution is -2.29. The molecule has 8 aromatic carbocycles. The van der Waals surface area contributed by atoms with Gasteiger partial charge in [0.05, 0.1) is 36.1 Å². The van der Waals surface area contributed by atoms with Gasteiger partial charge in [-0.05, 0) is 265 Å². The van der Waals surface area contributed by atoms with Crippen molar-refractivity contribution in [2.45, 2.75) is 318 Å². The number of aromatic nitrogens is 6. The highest BCUT2D eigenvalue weighted by molar-refractivity contribution is 5.58. The molecule has 4 heterocycles. The lowest BCUT2D eigenvalue weighted by atomic mass is 10.0. The van der Waals surface area contributed by atoms with Crippen molar-refractivity contribution in [1.29, 1.82) is 0 Å². The van der Waals surface area contributed by atoms with E-state index in [1.807, 2.05) is 103 Å². The van der Waals surface area contributed by atoms with Gasteiger partial charge in [0.2, 0.25) is 5.88 Å². The maximum Gasteiger partial charge on any atom is 0.232 e. The first-order valence-corrected chi connectivity index (χ1v) is 47.5. The summed E-state index contributed by atoms with van der Waals surface area (Å²) in [5.74, 6) is 9.71. The number of piperidine rings is 1. The van der Waals surface area contributed by atoms with E-state index in [4.69, 9.17) is 14.2 Å². The lowest BCUT2D eigenvalue weighted by Gasteiger charge is -2.26. The molecule has 690 valence electrons. The van der Waals surface area contributed by atoms with Gasteiger partial charge in [-0.25, -0.2) is 9.97 Å². The maximum absolute atomic E-state index is 5.60. The Kier molecular flexibility index (Phi) is 52.8. The first-order chi connectivity index (χ1) is 59.6. The molecule has 1 aliphatic rings. The summed E-state index contributed by atoms with van der Waals surface area (Å²) in [4.78, 5) is 13.3. The summed E-state index contributed by atoms with van der Waals surface area (Å²) in [6, 6.07) is 78.7. The van der Waals surface area contributed by atoms with Gasteiger partial charge in [-0.3, -0.25) is 14.3 Å². The Morgan fingerprint density at radius 1 is 0.381 bits per heavy atom. The number of ether oxygens (including phenoxy) is 3. The van der Waals surface area contributed by atoms with E-state index in [-0.39, 0.29) is 17.2 Å². The van der Waals surface area contributed by atoms with Crippen molar-refractivity contribution < 1.29 is 14.2 Å². The van der Waals surface area contributed by atoms with Crippen LogP contribution in [0.3, 0.4) is 0 Å². The molecule has 1 aliphatic heterocycles. The molecule has 1 fully saturated rings. The van der Waals surface area contributed by atoms with E-state index in [1.165, 1.54) is 118 Å². The number of aryl methyl sites for hydroxylation is 2. The van der Waals surface area contributed by atoms with Crippen molar-refractivity contribution in [3.05, 3.63) is 311 Å². The molecule has 11 aromatic rings. The molecule has 0 saturated carbocycles. The minimum atomic E-state index is 0.0272. The highest BCUT2D eigenvalue weighted by atomic mass is 16.5. The van der Waals surface area contributed by atoms with Crippen molar-refractivity contribution in [1.82, 2.24) is 34.4 Å². The van der Waals surface area contributed by atoms with Crippen LogP contribution in [0.4, 0.5) is 5.69 Å². The van der Waals surface area contributed by atoms with Crippen molar-refractivity contribution in [2.24, 2.45) is 17.8 Å². The van der Waals surface area contributed by atoms with Gasteiger partial charge in [0.25, 0.3) is 0 Å². The SMILES string of the molecule is CC(C)(C)n1ccc(-c2ccccc2)n1.CC(C)CCc1ccccc1.CC(C)COc1ccn(C(C)(C)C)n1.CC(C)Cc1ccccc1.CC(C)Oc1cccc(C(C)C)c1.CC(C)c1cccc(CN2CCCCC2)c1.CC(C)c1cccc(N(C)C)c1.CC(C)c1cnc(C(C)C)nc1.CCOc1cccc(C(C)C)c1.CCc1cccc(C(C)C)c1. The summed E-state index contributed by atoms with van der Waals surface area (Å²) in [7, 11) is 4.14. The standard InChI is InChI=1S/C15H23N.C13H16N2.C12H18O.C11H20N2O.C11H17N.C11H16O.2C11H16.C10H16N2.C10H14/c1-13(2)15-8-6-7-14(11-15)12-16-9-4-3-5-10-16;1-13(2,3)15-10-9-12(14-15)11-7-5-4-6-8-11;1-9(2)11-6-5-7-12(8-11)13-10(3)4;1-9(2)8-14-10-6-7-13(12-10)11(3,4)5;1-9(2)10-6-5-7-11(8-10)12(3)4;1-4-12-11-7-5-6-10(8-11)9(2)3;1-10(2)8-9-11-6-4-3-5-7-11;1-4-10-6-5-7-11(8-10)9(2)3;1-7(2)9-5-11-10(8(3)4)12-6-9;1-9(2)8-10-6-4-3-5-7-10/h6-8,11,13H,3-5,9-10,12H2,1-2H3;4-10H,1-3H3;5-10H,1-4H3;6-7,9H,8H2,1-5H3;5-9H,1-4H3;5-9H,4H2,1-3H3;3-7,10H,8-9H2,1-2H3;5-9H,4H2,1-3H3;5-8H,1-4H3;3-7,9H,8H2,1-2H3. The molecule has 11 nitrogen and oxygen atoms in total. The van der Waals surface area contributed by atoms with Gasteiger partial charge in [0.15, 0.2) is 0 Å². The van der Waals surface area contributed by atoms with Crippen molar-refractivity contribution in [3.63, 3.8) is 0 Å². The van der Waals surface area contributed by atoms with Gasteiger partial charge >= 0.3 is 0 Å². The quantitative estimate of drug-likeness (QED) is 0.0586. The number of nitrogens with zero attached hydrogens (tertiary/aromatic N) is 8. The largest absolute Gasteiger partial charge is 0.494 e. The third kappa shape index (κ3) is 47.8. The maximum atomic E-state index is 5.60. The second kappa shape index (κ2) is 60.2. The molecule has 0 aliphatic carbocycles. The number of hydrogen-bond donors (Lipinski definition) is 0. The van der Waals surface area contributed by atoms with Crippen LogP contribution in [0.15, 0.2) is 249 Å². The molecule has 3 aromatic heterocycles. The van der Waals surface area contributed by atoms with E-state index in [0.29, 0.717) is 53.2 Å². The van der Waals surface area contributed by atoms with Crippen molar-refractivity contribution in [2.75, 3.05) is 45.3 Å². The van der Waals surface area contributed by atoms with Crippen LogP contribution < -0.4 is 19.1 Å². The van der Waals surface area contributed by atoms with E-state index in [0.717, 1.165) is 61.0 Å². The van der Waals surface area contributed by atoms with E-state index in [2.05, 4.69) is 407 Å². The molecular weight excluding hydrogens is 1540 g/mol. The van der Waals surface area contributed by atoms with Gasteiger partial charge in [-0.15, -0.1) is 5.10 Å². The first kappa shape index (κ1) is 111. The minimum absolute atomic E-state index is 0.0272. The molecule has 0 unspecified atom stereocenters. The summed E-state index contributed by atoms with van der Waals surface area (Å²) >= 11 is 0. The summed E-state index contributed by atoms with van der Waals surface area (Å²) < 4.78 is 20.4. The monoisotopic (exact) mass is 1710 g/mol. The van der Waals surface area contributed by atoms with Crippen LogP contribution in [-0.2, 0) is 36.9 Å². The zero-order chi connectivity index (χ0) is 93.9. The molecule has 0 spiro atoms. The molecule has 0 atom stereocenters. The van der Waals surface area contributed by atoms with E-state index in [1.54, 1.807) is 0 Å². The third-order valence-corrected chi connectivity index (χ3v) is 20.7. The fourth-order valence-corrected chi connectivity index (χ4v) is 12.7. The van der Waals surface area contributed by atoms with Gasteiger partial charge < -0.3 is 19.1 Å². The second-order valence-electron chi connectivity index (χ2n) is 39.0. The second-order valence-corrected chi connectivity index (χ2v) is 39.0. The number of hydrogen-bond acceptors (Lipinski definition) is 9. The van der Waals surface area contributed by atoms with Gasteiger partial charge in [-0.2, -0.15) is 5.10 Å². The molecule has 0 bridgehead atoms. The molecule has 12 rings (SSSR count). The third-order valence-electron chi connectivity index (χ3n) is 20.7. The number of likely N-dealkylation sites (tertiary alicyclic amines) is 1. The van der Waals surface area contributed by atoms with Crippen LogP contribution in [0.1, 0.15) is 336 Å². The van der Waals surface area contributed by atoms with Crippen LogP contribution in [0.5, 0.6) is 17.4 Å². The number of rotatable bonds is 24. The van der Waals surface area contributed by atoms with E-state index >= 15 is 0 Å². The molecule has 0 amide bonds. The van der Waals surface area contributed by atoms with Gasteiger partial charge in [0, 0.05) is 68.7 Å². The number of anilines is 1. The van der Waals surface area contributed by atoms with E-state index < -0.39 is 0 Å². The zero-order valence-corrected chi connectivity index (χ0v) is 84.8. The molecule has 126 heavy (non-hydrogen) atoms. The van der Waals surface area contributed by atoms with Crippen LogP contribution in [0.2, 0.25) is 0 Å². The highest BCUT2D eigenvalue weighted by Crippen LogP contribution is 2.27. The van der Waals surface area contributed by atoms with Gasteiger partial charge in [-0.1, -0.05) is 328 Å². The van der Waals surface area contributed by atoms with Crippen LogP contribution in [-0.4, -0.2) is 80.9 Å². The fraction of sp³-hybridized carbons (Fsp3) is 0.496. The average Bonchev–Trinajstić information content (AvgIpc) is 1.70. The number of benzene rings is 8. The Balaban J connectivity index is 0.000000362. The normalized spacial score (nSPS) is 11.8. The summed E-state index contributed by atoms with van der Waals surface area (Å²) in [6.07, 6.45) is 17.1. The van der Waals surface area contributed by atoms with Crippen molar-refractivity contribution in [3.8, 4) is 28.6 Å². The Morgan fingerprint density at radius 3 is 1.25 bits per heavy atom. The van der Waals surface area contributed by atoms with Gasteiger partial charge in [0.1, 0.15) is 17.3 Å². The predicted octanol–water partition coefficient (Wildman–Crippen LogP) is 31.7. The average molecular weight is 1710 g/mol. The molecular formula is C115H172N8O3. The Hall–Kier alpha value is -9.58. The lowest BCUT2D eigenvalue weighted by molar-refractivity contribution is 0.221. The van der Waals surface area contributed by atoms with Crippen LogP contribution in [0.25, 0.3) is 11.3 Å². The minimum Gasteiger partial charge on any atom is -0.494 e. The first-order valence-electron chi connectivity index (χ1n) is 47.5. The summed E-state index contributed by atoms with van der Waals surface area (Å²) in [6.45, 7) is 70.2.